The van der Waals surface area contributed by atoms with Crippen molar-refractivity contribution in [3.8, 4) is 0 Å². The lowest BCUT2D eigenvalue weighted by Crippen LogP contribution is -2.11. The Morgan fingerprint density at radius 2 is 1.65 bits per heavy atom. The van der Waals surface area contributed by atoms with Crippen molar-refractivity contribution in [2.45, 2.75) is 38.5 Å². The average molecular weight is 236 g/mol. The minimum Gasteiger partial charge on any atom is -0.174 e. The quantitative estimate of drug-likeness (QED) is 0.674. The Labute approximate surface area is 101 Å². The van der Waals surface area contributed by atoms with Gasteiger partial charge >= 0.3 is 0 Å². The summed E-state index contributed by atoms with van der Waals surface area (Å²) in [6.07, 6.45) is 3.43. The van der Waals surface area contributed by atoms with Gasteiger partial charge in [-0.3, -0.25) is 0 Å². The third-order valence-electron chi connectivity index (χ3n) is 3.68. The highest BCUT2D eigenvalue weighted by molar-refractivity contribution is 5.25. The molecule has 1 saturated carbocycles. The van der Waals surface area contributed by atoms with Crippen LogP contribution < -0.4 is 0 Å². The Morgan fingerprint density at radius 3 is 2.18 bits per heavy atom. The molecule has 0 spiro atoms. The normalized spacial score (nSPS) is 24.4. The molecule has 0 aliphatic heterocycles. The molecule has 1 aliphatic rings. The zero-order valence-electron chi connectivity index (χ0n) is 10.1. The summed E-state index contributed by atoms with van der Waals surface area (Å²) in [5.41, 5.74) is 2.63. The fourth-order valence-electron chi connectivity index (χ4n) is 2.64. The van der Waals surface area contributed by atoms with Gasteiger partial charge in [0.1, 0.15) is 0 Å². The predicted octanol–water partition coefficient (Wildman–Crippen LogP) is 5.05. The van der Waals surface area contributed by atoms with Crippen LogP contribution in [0, 0.1) is 12.8 Å². The number of rotatable bonds is 2. The first-order valence-corrected chi connectivity index (χ1v) is 6.24. The van der Waals surface area contributed by atoms with E-state index in [0.29, 0.717) is 5.92 Å². The summed E-state index contributed by atoms with van der Waals surface area (Å²) in [5.74, 6) is 0.643. The molecule has 1 aromatic rings. The highest BCUT2D eigenvalue weighted by Gasteiger charge is 2.21. The molecule has 1 aromatic carbocycles. The van der Waals surface area contributed by atoms with E-state index in [0.717, 1.165) is 31.8 Å². The molecule has 0 bridgehead atoms. The molecule has 0 atom stereocenters. The van der Waals surface area contributed by atoms with Gasteiger partial charge in [0.25, 0.3) is 6.08 Å². The van der Waals surface area contributed by atoms with Gasteiger partial charge < -0.3 is 0 Å². The maximum Gasteiger partial charge on any atom is 0.266 e. The molecule has 0 nitrogen and oxygen atoms in total. The predicted molar refractivity (Wildman–Crippen MR) is 66.2 cm³/mol. The molecule has 0 unspecified atom stereocenters. The zero-order chi connectivity index (χ0) is 12.3. The molecular formula is C15H18F2. The van der Waals surface area contributed by atoms with Gasteiger partial charge in [-0.1, -0.05) is 29.8 Å². The molecule has 1 fully saturated rings. The van der Waals surface area contributed by atoms with Gasteiger partial charge in [0.05, 0.1) is 0 Å². The van der Waals surface area contributed by atoms with Crippen molar-refractivity contribution >= 4 is 0 Å². The lowest BCUT2D eigenvalue weighted by atomic mass is 9.78. The zero-order valence-corrected chi connectivity index (χ0v) is 10.1. The number of hydrogen-bond acceptors (Lipinski definition) is 0. The van der Waals surface area contributed by atoms with Crippen molar-refractivity contribution in [1.29, 1.82) is 0 Å². The molecule has 92 valence electrons. The van der Waals surface area contributed by atoms with E-state index in [2.05, 4.69) is 31.2 Å². The minimum atomic E-state index is -1.52. The largest absolute Gasteiger partial charge is 0.266 e. The fourth-order valence-corrected chi connectivity index (χ4v) is 2.64. The second-order valence-corrected chi connectivity index (χ2v) is 4.98. The molecule has 0 heterocycles. The summed E-state index contributed by atoms with van der Waals surface area (Å²) in [5, 5.41) is 0. The Kier molecular flexibility index (Phi) is 3.93. The summed E-state index contributed by atoms with van der Waals surface area (Å²) in [6, 6.07) is 8.60. The highest BCUT2D eigenvalue weighted by Crippen LogP contribution is 2.36. The molecule has 0 saturated heterocycles. The number of hydrogen-bond donors (Lipinski definition) is 0. The molecule has 1 aliphatic carbocycles. The third kappa shape index (κ3) is 3.39. The van der Waals surface area contributed by atoms with E-state index in [1.54, 1.807) is 0 Å². The Morgan fingerprint density at radius 1 is 1.06 bits per heavy atom. The van der Waals surface area contributed by atoms with E-state index >= 15 is 0 Å². The van der Waals surface area contributed by atoms with Crippen molar-refractivity contribution in [2.75, 3.05) is 0 Å². The maximum absolute atomic E-state index is 12.1. The van der Waals surface area contributed by atoms with E-state index in [1.165, 1.54) is 11.1 Å². The van der Waals surface area contributed by atoms with Crippen molar-refractivity contribution in [3.63, 3.8) is 0 Å². The third-order valence-corrected chi connectivity index (χ3v) is 3.68. The van der Waals surface area contributed by atoms with E-state index in [9.17, 15) is 8.78 Å². The Bertz CT molecular complexity index is 380. The van der Waals surface area contributed by atoms with Gasteiger partial charge in [-0.15, -0.1) is 0 Å². The van der Waals surface area contributed by atoms with Crippen molar-refractivity contribution < 1.29 is 8.78 Å². The molecule has 0 amide bonds. The van der Waals surface area contributed by atoms with Gasteiger partial charge in [-0.25, -0.2) is 0 Å². The van der Waals surface area contributed by atoms with Crippen LogP contribution in [0.15, 0.2) is 36.4 Å². The van der Waals surface area contributed by atoms with Crippen LogP contribution in [0.5, 0.6) is 0 Å². The second kappa shape index (κ2) is 5.44. The molecule has 2 rings (SSSR count). The Balaban J connectivity index is 1.95. The van der Waals surface area contributed by atoms with Crippen LogP contribution in [0.3, 0.4) is 0 Å². The van der Waals surface area contributed by atoms with E-state index < -0.39 is 6.08 Å². The SMILES string of the molecule is Cc1ccc([C@H]2CC[C@H](C=C(F)F)CC2)cc1. The maximum atomic E-state index is 12.1. The molecule has 2 heteroatoms. The van der Waals surface area contributed by atoms with E-state index in [4.69, 9.17) is 0 Å². The molecule has 0 radical (unpaired) electrons. The van der Waals surface area contributed by atoms with Crippen LogP contribution in [0.2, 0.25) is 0 Å². The summed E-state index contributed by atoms with van der Waals surface area (Å²) >= 11 is 0. The summed E-state index contributed by atoms with van der Waals surface area (Å²) in [7, 11) is 0. The molecular weight excluding hydrogens is 218 g/mol. The van der Waals surface area contributed by atoms with Crippen molar-refractivity contribution in [2.24, 2.45) is 5.92 Å². The van der Waals surface area contributed by atoms with E-state index in [1.807, 2.05) is 0 Å². The lowest BCUT2D eigenvalue weighted by Gasteiger charge is -2.26. The number of aryl methyl sites for hydroxylation is 1. The number of benzene rings is 1. The topological polar surface area (TPSA) is 0 Å². The summed E-state index contributed by atoms with van der Waals surface area (Å²) < 4.78 is 24.3. The second-order valence-electron chi connectivity index (χ2n) is 4.98. The minimum absolute atomic E-state index is 0.0849. The standard InChI is InChI=1S/C15H18F2/c1-11-2-6-13(7-3-11)14-8-4-12(5-9-14)10-15(16)17/h2-3,6-7,10,12,14H,4-5,8-9H2,1H3/t12-,14-. The lowest BCUT2D eigenvalue weighted by molar-refractivity contribution is 0.351. The van der Waals surface area contributed by atoms with Gasteiger partial charge in [-0.05, 0) is 56.1 Å². The molecule has 0 aromatic heterocycles. The highest BCUT2D eigenvalue weighted by atomic mass is 19.3. The van der Waals surface area contributed by atoms with Crippen LogP contribution in [0.4, 0.5) is 8.78 Å². The van der Waals surface area contributed by atoms with Gasteiger partial charge in [-0.2, -0.15) is 8.78 Å². The average Bonchev–Trinajstić information content (AvgIpc) is 2.30. The van der Waals surface area contributed by atoms with Crippen molar-refractivity contribution in [1.82, 2.24) is 0 Å². The van der Waals surface area contributed by atoms with Crippen LogP contribution in [-0.2, 0) is 0 Å². The first kappa shape index (κ1) is 12.3. The van der Waals surface area contributed by atoms with Crippen LogP contribution in [0.25, 0.3) is 0 Å². The van der Waals surface area contributed by atoms with Gasteiger partial charge in [0, 0.05) is 0 Å². The fraction of sp³-hybridized carbons (Fsp3) is 0.467. The van der Waals surface area contributed by atoms with Gasteiger partial charge in [0.2, 0.25) is 0 Å². The number of halogens is 2. The first-order chi connectivity index (χ1) is 8.15. The monoisotopic (exact) mass is 236 g/mol. The van der Waals surface area contributed by atoms with Crippen LogP contribution in [-0.4, -0.2) is 0 Å². The first-order valence-electron chi connectivity index (χ1n) is 6.24. The molecule has 0 N–H and O–H groups in total. The van der Waals surface area contributed by atoms with Crippen LogP contribution in [0.1, 0.15) is 42.7 Å². The van der Waals surface area contributed by atoms with Gasteiger partial charge in [0.15, 0.2) is 0 Å². The Hall–Kier alpha value is -1.18. The van der Waals surface area contributed by atoms with E-state index in [-0.39, 0.29) is 5.92 Å². The van der Waals surface area contributed by atoms with Crippen LogP contribution >= 0.6 is 0 Å². The van der Waals surface area contributed by atoms with Crippen molar-refractivity contribution in [3.05, 3.63) is 47.5 Å². The summed E-state index contributed by atoms with van der Waals surface area (Å²) in [4.78, 5) is 0. The smallest absolute Gasteiger partial charge is 0.174 e. The number of allylic oxidation sites excluding steroid dienone is 1. The molecule has 17 heavy (non-hydrogen) atoms. The summed E-state index contributed by atoms with van der Waals surface area (Å²) in [6.45, 7) is 2.08.